The van der Waals surface area contributed by atoms with E-state index in [2.05, 4.69) is 0 Å². The van der Waals surface area contributed by atoms with Crippen LogP contribution in [0.25, 0.3) is 10.9 Å². The maximum Gasteiger partial charge on any atom is 0.419 e. The number of alkyl halides is 3. The molecule has 1 aromatic heterocycles. The van der Waals surface area contributed by atoms with Gasteiger partial charge in [-0.2, -0.15) is 13.2 Å². The Morgan fingerprint density at radius 3 is 2.45 bits per heavy atom. The molecule has 214 valence electrons. The van der Waals surface area contributed by atoms with Crippen molar-refractivity contribution < 1.29 is 32.2 Å². The summed E-state index contributed by atoms with van der Waals surface area (Å²) in [7, 11) is 0. The molecule has 0 aliphatic heterocycles. The van der Waals surface area contributed by atoms with Crippen LogP contribution < -0.4 is 4.74 Å². The number of fused-ring (bicyclic) bond motifs is 1. The van der Waals surface area contributed by atoms with Crippen LogP contribution >= 0.6 is 12.4 Å². The number of hydrogen-bond acceptors (Lipinski definition) is 3. The average Bonchev–Trinajstić information content (AvgIpc) is 3.30. The largest absolute Gasteiger partial charge is 0.493 e. The molecule has 40 heavy (non-hydrogen) atoms. The average molecular weight is 579 g/mol. The first-order valence-corrected chi connectivity index (χ1v) is 12.7. The van der Waals surface area contributed by atoms with E-state index in [4.69, 9.17) is 9.84 Å². The van der Waals surface area contributed by atoms with Crippen LogP contribution in [-0.2, 0) is 24.1 Å². The van der Waals surface area contributed by atoms with Crippen LogP contribution in [0.5, 0.6) is 5.75 Å². The fraction of sp³-hybridized carbons (Fsp3) is 0.300. The second-order valence-electron chi connectivity index (χ2n) is 9.55. The molecule has 0 spiro atoms. The van der Waals surface area contributed by atoms with E-state index >= 15 is 0 Å². The zero-order valence-electron chi connectivity index (χ0n) is 21.9. The van der Waals surface area contributed by atoms with Gasteiger partial charge >= 0.3 is 12.1 Å². The molecule has 0 bridgehead atoms. The van der Waals surface area contributed by atoms with Crippen molar-refractivity contribution in [3.05, 3.63) is 102 Å². The van der Waals surface area contributed by atoms with Crippen LogP contribution in [0.3, 0.4) is 0 Å². The van der Waals surface area contributed by atoms with Gasteiger partial charge in [0.05, 0.1) is 17.7 Å². The SMILES string of the molecule is CC(CN(CCCOc1cccc2c1ccn2CC(=O)O)Cc1cccc(C(F)(F)F)c1F)c1ccccc1.Cl. The van der Waals surface area contributed by atoms with Crippen LogP contribution in [0.4, 0.5) is 17.6 Å². The number of carboxylic acids is 1. The third-order valence-electron chi connectivity index (χ3n) is 6.63. The summed E-state index contributed by atoms with van der Waals surface area (Å²) in [5, 5.41) is 9.91. The van der Waals surface area contributed by atoms with Gasteiger partial charge in [0.25, 0.3) is 0 Å². The lowest BCUT2D eigenvalue weighted by molar-refractivity contribution is -0.140. The summed E-state index contributed by atoms with van der Waals surface area (Å²) < 4.78 is 62.3. The lowest BCUT2D eigenvalue weighted by Gasteiger charge is -2.27. The summed E-state index contributed by atoms with van der Waals surface area (Å²) in [4.78, 5) is 13.1. The molecule has 4 aromatic rings. The normalized spacial score (nSPS) is 12.3. The van der Waals surface area contributed by atoms with Crippen LogP contribution in [0.1, 0.15) is 36.0 Å². The molecule has 1 heterocycles. The Morgan fingerprint density at radius 2 is 1.75 bits per heavy atom. The molecule has 0 radical (unpaired) electrons. The number of hydrogen-bond donors (Lipinski definition) is 1. The molecule has 10 heteroatoms. The number of carboxylic acid groups (broad SMARTS) is 1. The molecule has 1 N–H and O–H groups in total. The smallest absolute Gasteiger partial charge is 0.419 e. The van der Waals surface area contributed by atoms with Gasteiger partial charge in [-0.05, 0) is 42.2 Å². The number of aromatic nitrogens is 1. The van der Waals surface area contributed by atoms with Gasteiger partial charge in [-0.1, -0.05) is 55.5 Å². The minimum absolute atomic E-state index is 0. The summed E-state index contributed by atoms with van der Waals surface area (Å²) in [6.07, 6.45) is -2.52. The summed E-state index contributed by atoms with van der Waals surface area (Å²) in [5.41, 5.74) is 0.562. The predicted octanol–water partition coefficient (Wildman–Crippen LogP) is 7.38. The van der Waals surface area contributed by atoms with Gasteiger partial charge in [0.1, 0.15) is 18.1 Å². The predicted molar refractivity (Wildman–Crippen MR) is 148 cm³/mol. The van der Waals surface area contributed by atoms with Crippen molar-refractivity contribution in [2.75, 3.05) is 19.7 Å². The van der Waals surface area contributed by atoms with E-state index in [0.29, 0.717) is 31.9 Å². The molecule has 0 amide bonds. The number of carbonyl (C=O) groups is 1. The number of halogens is 5. The monoisotopic (exact) mass is 578 g/mol. The summed E-state index contributed by atoms with van der Waals surface area (Å²) in [6, 6.07) is 20.4. The molecule has 4 rings (SSSR count). The molecule has 0 fully saturated rings. The number of rotatable bonds is 12. The topological polar surface area (TPSA) is 54.7 Å². The molecule has 0 aliphatic carbocycles. The highest BCUT2D eigenvalue weighted by atomic mass is 35.5. The zero-order valence-corrected chi connectivity index (χ0v) is 22.7. The third-order valence-corrected chi connectivity index (χ3v) is 6.63. The van der Waals surface area contributed by atoms with Crippen LogP contribution in [0.15, 0.2) is 79.0 Å². The van der Waals surface area contributed by atoms with Gasteiger partial charge in [-0.25, -0.2) is 4.39 Å². The second-order valence-corrected chi connectivity index (χ2v) is 9.55. The van der Waals surface area contributed by atoms with E-state index in [-0.39, 0.29) is 37.0 Å². The summed E-state index contributed by atoms with van der Waals surface area (Å²) >= 11 is 0. The Kier molecular flexibility index (Phi) is 10.6. The van der Waals surface area contributed by atoms with E-state index in [1.165, 1.54) is 12.1 Å². The minimum atomic E-state index is -4.76. The maximum atomic E-state index is 14.8. The summed E-state index contributed by atoms with van der Waals surface area (Å²) in [6.45, 7) is 3.22. The molecule has 0 saturated heterocycles. The van der Waals surface area contributed by atoms with Crippen molar-refractivity contribution in [3.63, 3.8) is 0 Å². The van der Waals surface area contributed by atoms with Crippen LogP contribution in [0.2, 0.25) is 0 Å². The van der Waals surface area contributed by atoms with Crippen molar-refractivity contribution in [2.24, 2.45) is 0 Å². The molecular weight excluding hydrogens is 548 g/mol. The van der Waals surface area contributed by atoms with Gasteiger partial charge in [0.2, 0.25) is 0 Å². The van der Waals surface area contributed by atoms with Crippen molar-refractivity contribution in [1.29, 1.82) is 0 Å². The molecule has 3 aromatic carbocycles. The Labute approximate surface area is 236 Å². The number of ether oxygens (including phenoxy) is 1. The Balaban J connectivity index is 0.00000441. The van der Waals surface area contributed by atoms with Crippen molar-refractivity contribution in [2.45, 2.75) is 38.5 Å². The van der Waals surface area contributed by atoms with Crippen molar-refractivity contribution in [3.8, 4) is 5.75 Å². The number of nitrogens with zero attached hydrogens (tertiary/aromatic N) is 2. The van der Waals surface area contributed by atoms with Crippen LogP contribution in [-0.4, -0.2) is 40.2 Å². The molecular formula is C30H31ClF4N2O3. The Morgan fingerprint density at radius 1 is 1.02 bits per heavy atom. The Bertz CT molecular complexity index is 1410. The number of benzene rings is 3. The van der Waals surface area contributed by atoms with Crippen LogP contribution in [0, 0.1) is 5.82 Å². The van der Waals surface area contributed by atoms with E-state index in [1.807, 2.05) is 48.2 Å². The van der Waals surface area contributed by atoms with E-state index in [1.54, 1.807) is 29.0 Å². The first kappa shape index (κ1) is 31.0. The Hall–Kier alpha value is -3.56. The minimum Gasteiger partial charge on any atom is -0.493 e. The standard InChI is InChI=1S/C30H30F4N2O3.ClH/c1-21(22-8-3-2-4-9-22)18-35(19-23-10-5-11-25(29(23)31)30(32,33)34)15-7-17-39-27-13-6-12-26-24(27)14-16-36(26)20-28(37)38;/h2-6,8-14,16,21H,7,15,17-20H2,1H3,(H,37,38);1H. The zero-order chi connectivity index (χ0) is 28.0. The first-order chi connectivity index (χ1) is 18.6. The highest BCUT2D eigenvalue weighted by Gasteiger charge is 2.35. The van der Waals surface area contributed by atoms with Gasteiger partial charge < -0.3 is 14.4 Å². The lowest BCUT2D eigenvalue weighted by atomic mass is 10.00. The highest BCUT2D eigenvalue weighted by Crippen LogP contribution is 2.33. The fourth-order valence-electron chi connectivity index (χ4n) is 4.75. The van der Waals surface area contributed by atoms with Gasteiger partial charge in [0, 0.05) is 36.8 Å². The maximum absolute atomic E-state index is 14.8. The molecule has 1 unspecified atom stereocenters. The molecule has 1 atom stereocenters. The number of aliphatic carboxylic acids is 1. The molecule has 0 aliphatic rings. The second kappa shape index (κ2) is 13.7. The van der Waals surface area contributed by atoms with Gasteiger partial charge in [-0.3, -0.25) is 9.69 Å². The van der Waals surface area contributed by atoms with Crippen molar-refractivity contribution in [1.82, 2.24) is 9.47 Å². The van der Waals surface area contributed by atoms with Gasteiger partial charge in [0.15, 0.2) is 0 Å². The third kappa shape index (κ3) is 7.76. The summed E-state index contributed by atoms with van der Waals surface area (Å²) in [5.74, 6) is -1.49. The van der Waals surface area contributed by atoms with E-state index < -0.39 is 23.5 Å². The first-order valence-electron chi connectivity index (χ1n) is 12.7. The van der Waals surface area contributed by atoms with E-state index in [9.17, 15) is 22.4 Å². The molecule has 0 saturated carbocycles. The molecule has 5 nitrogen and oxygen atoms in total. The van der Waals surface area contributed by atoms with Crippen molar-refractivity contribution >= 4 is 29.3 Å². The quantitative estimate of drug-likeness (QED) is 0.141. The van der Waals surface area contributed by atoms with E-state index in [0.717, 1.165) is 22.5 Å². The highest BCUT2D eigenvalue weighted by molar-refractivity contribution is 5.87. The fourth-order valence-corrected chi connectivity index (χ4v) is 4.75. The van der Waals surface area contributed by atoms with Gasteiger partial charge in [-0.15, -0.1) is 12.4 Å². The lowest BCUT2D eigenvalue weighted by Crippen LogP contribution is -2.30.